The molecule has 3 unspecified atom stereocenters. The van der Waals surface area contributed by atoms with Crippen LogP contribution >= 0.6 is 0 Å². The van der Waals surface area contributed by atoms with Crippen LogP contribution in [-0.4, -0.2) is 45.8 Å². The smallest absolute Gasteiger partial charge is 0.334 e. The van der Waals surface area contributed by atoms with Crippen molar-refractivity contribution < 1.29 is 19.5 Å². The van der Waals surface area contributed by atoms with Crippen molar-refractivity contribution in [3.05, 3.63) is 10.4 Å². The third-order valence-electron chi connectivity index (χ3n) is 2.63. The highest BCUT2D eigenvalue weighted by molar-refractivity contribution is 6.11. The number of nitrogens with zero attached hydrogens (tertiary/aromatic N) is 4. The zero-order chi connectivity index (χ0) is 11.2. The number of carbonyl (C=O) groups is 3. The fraction of sp³-hybridized carbons (Fsp3) is 0.571. The van der Waals surface area contributed by atoms with Crippen molar-refractivity contribution in [3.8, 4) is 0 Å². The largest absolute Gasteiger partial charge is 0.479 e. The van der Waals surface area contributed by atoms with Gasteiger partial charge >= 0.3 is 5.97 Å². The molecule has 0 saturated carbocycles. The maximum absolute atomic E-state index is 11.3. The summed E-state index contributed by atoms with van der Waals surface area (Å²) < 4.78 is 0. The Morgan fingerprint density at radius 1 is 1.60 bits per heavy atom. The number of azide groups is 1. The molecule has 8 heteroatoms. The van der Waals surface area contributed by atoms with Gasteiger partial charge in [0.15, 0.2) is 11.8 Å². The van der Waals surface area contributed by atoms with Gasteiger partial charge in [0.05, 0.1) is 6.04 Å². The molecule has 0 aromatic heterocycles. The van der Waals surface area contributed by atoms with Gasteiger partial charge in [0, 0.05) is 11.3 Å². The number of β-lactam (4-membered cyclic amide) rings is 1. The highest BCUT2D eigenvalue weighted by Crippen LogP contribution is 2.35. The summed E-state index contributed by atoms with van der Waals surface area (Å²) in [5.74, 6) is -2.44. The van der Waals surface area contributed by atoms with Crippen LogP contribution in [-0.2, 0) is 14.4 Å². The summed E-state index contributed by atoms with van der Waals surface area (Å²) >= 11 is 0. The number of carbonyl (C=O) groups excluding carboxylic acids is 2. The van der Waals surface area contributed by atoms with Gasteiger partial charge in [-0.1, -0.05) is 5.11 Å². The molecule has 2 aliphatic heterocycles. The van der Waals surface area contributed by atoms with Crippen molar-refractivity contribution >= 4 is 17.7 Å². The lowest BCUT2D eigenvalue weighted by Gasteiger charge is -2.41. The van der Waals surface area contributed by atoms with Crippen LogP contribution in [0.25, 0.3) is 10.4 Å². The van der Waals surface area contributed by atoms with Crippen molar-refractivity contribution in [1.82, 2.24) is 4.90 Å². The molecule has 8 nitrogen and oxygen atoms in total. The Labute approximate surface area is 83.1 Å². The molecule has 0 aromatic rings. The number of fused-ring (bicyclic) bond motifs is 1. The van der Waals surface area contributed by atoms with E-state index in [9.17, 15) is 14.4 Å². The highest BCUT2D eigenvalue weighted by atomic mass is 16.4. The van der Waals surface area contributed by atoms with E-state index < -0.39 is 35.8 Å². The summed E-state index contributed by atoms with van der Waals surface area (Å²) in [5.41, 5.74) is 8.17. The van der Waals surface area contributed by atoms with E-state index in [-0.39, 0.29) is 6.42 Å². The average molecular weight is 210 g/mol. The normalized spacial score (nSPS) is 33.1. The van der Waals surface area contributed by atoms with E-state index in [1.54, 1.807) is 0 Å². The van der Waals surface area contributed by atoms with Crippen LogP contribution in [0.4, 0.5) is 0 Å². The summed E-state index contributed by atoms with van der Waals surface area (Å²) in [6, 6.07) is -2.88. The summed E-state index contributed by atoms with van der Waals surface area (Å²) in [5, 5.41) is 11.9. The van der Waals surface area contributed by atoms with Gasteiger partial charge in [0.25, 0.3) is 0 Å². The third kappa shape index (κ3) is 1.08. The first kappa shape index (κ1) is 9.47. The van der Waals surface area contributed by atoms with Gasteiger partial charge in [0.1, 0.15) is 6.04 Å². The van der Waals surface area contributed by atoms with Crippen molar-refractivity contribution in [2.45, 2.75) is 24.5 Å². The fourth-order valence-corrected chi connectivity index (χ4v) is 1.99. The summed E-state index contributed by atoms with van der Waals surface area (Å²) in [7, 11) is 0. The van der Waals surface area contributed by atoms with Crippen molar-refractivity contribution in [2.75, 3.05) is 0 Å². The molecule has 0 aliphatic carbocycles. The van der Waals surface area contributed by atoms with Gasteiger partial charge in [-0.2, -0.15) is 0 Å². The van der Waals surface area contributed by atoms with E-state index in [1.165, 1.54) is 0 Å². The summed E-state index contributed by atoms with van der Waals surface area (Å²) in [6.07, 6.45) is -0.0492. The minimum Gasteiger partial charge on any atom is -0.479 e. The number of carboxylic acids is 1. The first-order valence-electron chi connectivity index (χ1n) is 4.20. The third-order valence-corrected chi connectivity index (χ3v) is 2.63. The predicted molar refractivity (Wildman–Crippen MR) is 44.6 cm³/mol. The number of aliphatic carboxylic acids is 1. The lowest BCUT2D eigenvalue weighted by Crippen LogP contribution is -2.64. The van der Waals surface area contributed by atoms with E-state index in [4.69, 9.17) is 10.6 Å². The van der Waals surface area contributed by atoms with E-state index in [0.29, 0.717) is 0 Å². The van der Waals surface area contributed by atoms with Gasteiger partial charge in [-0.3, -0.25) is 9.59 Å². The lowest BCUT2D eigenvalue weighted by atomic mass is 9.97. The Balaban J connectivity index is 2.27. The van der Waals surface area contributed by atoms with Gasteiger partial charge in [-0.25, -0.2) is 4.79 Å². The Morgan fingerprint density at radius 3 is 2.80 bits per heavy atom. The van der Waals surface area contributed by atoms with Crippen LogP contribution in [0, 0.1) is 0 Å². The molecule has 2 saturated heterocycles. The van der Waals surface area contributed by atoms with Crippen LogP contribution in [0.2, 0.25) is 0 Å². The minimum absolute atomic E-state index is 0.0492. The average Bonchev–Trinajstić information content (AvgIpc) is 2.49. The molecule has 3 atom stereocenters. The number of Topliss-reactive ketones (excluding diaryl/α,β-unsaturated/α-hetero) is 1. The van der Waals surface area contributed by atoms with E-state index >= 15 is 0 Å². The molecule has 1 amide bonds. The molecule has 1 N–H and O–H groups in total. The first-order chi connectivity index (χ1) is 7.07. The second-order valence-electron chi connectivity index (χ2n) is 3.37. The van der Waals surface area contributed by atoms with Crippen LogP contribution in [0.3, 0.4) is 0 Å². The van der Waals surface area contributed by atoms with Gasteiger partial charge in [0.2, 0.25) is 5.91 Å². The topological polar surface area (TPSA) is 123 Å². The monoisotopic (exact) mass is 210 g/mol. The molecule has 0 aromatic carbocycles. The van der Waals surface area contributed by atoms with Crippen molar-refractivity contribution in [1.29, 1.82) is 0 Å². The van der Waals surface area contributed by atoms with Crippen molar-refractivity contribution in [2.24, 2.45) is 5.11 Å². The van der Waals surface area contributed by atoms with E-state index in [2.05, 4.69) is 10.0 Å². The molecule has 0 bridgehead atoms. The molecular weight excluding hydrogens is 204 g/mol. The molecule has 78 valence electrons. The molecule has 2 aliphatic rings. The second-order valence-corrected chi connectivity index (χ2v) is 3.37. The first-order valence-corrected chi connectivity index (χ1v) is 4.20. The number of carboxylic acid groups (broad SMARTS) is 1. The number of rotatable bonds is 2. The molecular formula is C7H6N4O4. The molecule has 15 heavy (non-hydrogen) atoms. The van der Waals surface area contributed by atoms with Gasteiger partial charge in [-0.15, -0.1) is 0 Å². The zero-order valence-electron chi connectivity index (χ0n) is 7.40. The van der Waals surface area contributed by atoms with E-state index in [0.717, 1.165) is 4.90 Å². The second kappa shape index (κ2) is 2.96. The Kier molecular flexibility index (Phi) is 1.87. The molecule has 2 fully saturated rings. The van der Waals surface area contributed by atoms with Crippen LogP contribution < -0.4 is 0 Å². The van der Waals surface area contributed by atoms with Gasteiger partial charge in [-0.05, 0) is 5.53 Å². The summed E-state index contributed by atoms with van der Waals surface area (Å²) in [4.78, 5) is 36.8. The SMILES string of the molecule is [N-]=[N+]=NC1C(=O)N2C(C(=O)O)C(=O)CC12. The van der Waals surface area contributed by atoms with E-state index in [1.807, 2.05) is 0 Å². The standard InChI is InChI=1S/C7H6N4O4/c8-10-9-4-2-1-3(12)5(7(14)15)11(2)6(4)13/h2,4-5H,1H2,(H,14,15). The maximum atomic E-state index is 11.3. The molecule has 2 rings (SSSR count). The highest BCUT2D eigenvalue weighted by Gasteiger charge is 2.59. The minimum atomic E-state index is -1.40. The Hall–Kier alpha value is -2.08. The lowest BCUT2D eigenvalue weighted by molar-refractivity contribution is -0.160. The summed E-state index contributed by atoms with van der Waals surface area (Å²) in [6.45, 7) is 0. The Morgan fingerprint density at radius 2 is 2.27 bits per heavy atom. The zero-order valence-corrected chi connectivity index (χ0v) is 7.40. The van der Waals surface area contributed by atoms with Crippen LogP contribution in [0.5, 0.6) is 0 Å². The number of amides is 1. The Bertz CT molecular complexity index is 413. The van der Waals surface area contributed by atoms with Crippen LogP contribution in [0.15, 0.2) is 5.11 Å². The predicted octanol–water partition coefficient (Wildman–Crippen LogP) is -0.698. The molecule has 0 spiro atoms. The van der Waals surface area contributed by atoms with Gasteiger partial charge < -0.3 is 10.0 Å². The van der Waals surface area contributed by atoms with Crippen LogP contribution in [0.1, 0.15) is 6.42 Å². The molecule has 0 radical (unpaired) electrons. The number of hydrogen-bond donors (Lipinski definition) is 1. The number of ketones is 1. The quantitative estimate of drug-likeness (QED) is 0.213. The maximum Gasteiger partial charge on any atom is 0.334 e. The van der Waals surface area contributed by atoms with Crippen molar-refractivity contribution in [3.63, 3.8) is 0 Å². The molecule has 2 heterocycles. The number of hydrogen-bond acceptors (Lipinski definition) is 4. The fourth-order valence-electron chi connectivity index (χ4n) is 1.99.